The van der Waals surface area contributed by atoms with Gasteiger partial charge in [-0.15, -0.1) is 0 Å². The van der Waals surface area contributed by atoms with E-state index in [1.165, 1.54) is 18.4 Å². The lowest BCUT2D eigenvalue weighted by atomic mass is 9.55. The summed E-state index contributed by atoms with van der Waals surface area (Å²) >= 11 is 0. The monoisotopic (exact) mass is 321 g/mol. The highest BCUT2D eigenvalue weighted by atomic mass is 16.6. The molecule has 1 heterocycles. The van der Waals surface area contributed by atoms with Crippen LogP contribution >= 0.6 is 0 Å². The molecule has 0 aromatic heterocycles. The van der Waals surface area contributed by atoms with E-state index in [9.17, 15) is 9.90 Å². The molecule has 0 bridgehead atoms. The summed E-state index contributed by atoms with van der Waals surface area (Å²) in [6.45, 7) is 9.46. The number of aliphatic hydroxyl groups excluding tert-OH is 1. The largest absolute Gasteiger partial charge is 0.462 e. The van der Waals surface area contributed by atoms with Gasteiger partial charge in [0, 0.05) is 18.5 Å². The van der Waals surface area contributed by atoms with Crippen LogP contribution in [0.2, 0.25) is 0 Å². The van der Waals surface area contributed by atoms with Crippen LogP contribution in [0.15, 0.2) is 12.2 Å². The lowest BCUT2D eigenvalue weighted by Crippen LogP contribution is -2.46. The maximum absolute atomic E-state index is 12.4. The van der Waals surface area contributed by atoms with E-state index in [0.29, 0.717) is 18.4 Å². The van der Waals surface area contributed by atoms with Crippen LogP contribution in [-0.2, 0) is 9.53 Å². The van der Waals surface area contributed by atoms with Crippen molar-refractivity contribution < 1.29 is 14.6 Å². The van der Waals surface area contributed by atoms with Crippen LogP contribution in [0.4, 0.5) is 0 Å². The molecule has 6 atom stereocenters. The van der Waals surface area contributed by atoms with E-state index in [-0.39, 0.29) is 36.1 Å². The van der Waals surface area contributed by atoms with Crippen LogP contribution in [0.3, 0.4) is 0 Å². The number of rotatable bonds is 5. The highest BCUT2D eigenvalue weighted by Gasteiger charge is 2.54. The fraction of sp³-hybridized carbons (Fsp3) is 0.842. The van der Waals surface area contributed by atoms with Gasteiger partial charge in [0.15, 0.2) is 0 Å². The van der Waals surface area contributed by atoms with Gasteiger partial charge in [-0.25, -0.2) is 0 Å². The zero-order chi connectivity index (χ0) is 16.6. The van der Waals surface area contributed by atoms with Gasteiger partial charge in [0.1, 0.15) is 6.10 Å². The molecule has 4 heteroatoms. The first-order chi connectivity index (χ1) is 11.0. The second-order valence-corrected chi connectivity index (χ2v) is 8.10. The SMILES string of the molecule is C=C1CCC[C@]2(C)C[C@H]3OC(=O)[C@@H](CN[C@@H](CC)CO)[C@H]3C[C@H]12. The van der Waals surface area contributed by atoms with E-state index in [1.807, 2.05) is 6.92 Å². The van der Waals surface area contributed by atoms with E-state index in [1.54, 1.807) is 0 Å². The van der Waals surface area contributed by atoms with Gasteiger partial charge in [-0.3, -0.25) is 4.79 Å². The van der Waals surface area contributed by atoms with Crippen molar-refractivity contribution in [2.45, 2.75) is 64.5 Å². The first-order valence-corrected chi connectivity index (χ1v) is 9.21. The average molecular weight is 321 g/mol. The van der Waals surface area contributed by atoms with Crippen molar-refractivity contribution in [3.8, 4) is 0 Å². The van der Waals surface area contributed by atoms with Crippen molar-refractivity contribution in [2.24, 2.45) is 23.2 Å². The van der Waals surface area contributed by atoms with Gasteiger partial charge in [0.25, 0.3) is 0 Å². The molecule has 0 spiro atoms. The first-order valence-electron chi connectivity index (χ1n) is 9.21. The molecule has 0 unspecified atom stereocenters. The highest BCUT2D eigenvalue weighted by molar-refractivity contribution is 5.75. The number of allylic oxidation sites excluding steroid dienone is 1. The van der Waals surface area contributed by atoms with Gasteiger partial charge >= 0.3 is 5.97 Å². The zero-order valence-electron chi connectivity index (χ0n) is 14.5. The quantitative estimate of drug-likeness (QED) is 0.604. The zero-order valence-corrected chi connectivity index (χ0v) is 14.5. The molecule has 1 saturated heterocycles. The lowest BCUT2D eigenvalue weighted by Gasteiger charge is -2.50. The number of nitrogens with one attached hydrogen (secondary N) is 1. The van der Waals surface area contributed by atoms with Gasteiger partial charge in [-0.1, -0.05) is 26.0 Å². The Morgan fingerprint density at radius 1 is 1.52 bits per heavy atom. The van der Waals surface area contributed by atoms with Crippen LogP contribution in [-0.4, -0.2) is 36.4 Å². The van der Waals surface area contributed by atoms with Crippen molar-refractivity contribution in [2.75, 3.05) is 13.2 Å². The van der Waals surface area contributed by atoms with Crippen molar-refractivity contribution in [3.05, 3.63) is 12.2 Å². The minimum Gasteiger partial charge on any atom is -0.462 e. The van der Waals surface area contributed by atoms with Crippen molar-refractivity contribution in [3.63, 3.8) is 0 Å². The summed E-state index contributed by atoms with van der Waals surface area (Å²) in [7, 11) is 0. The topological polar surface area (TPSA) is 58.6 Å². The molecular weight excluding hydrogens is 290 g/mol. The summed E-state index contributed by atoms with van der Waals surface area (Å²) in [6, 6.07) is 0.0698. The Labute approximate surface area is 139 Å². The molecule has 2 saturated carbocycles. The van der Waals surface area contributed by atoms with Gasteiger partial charge in [-0.05, 0) is 49.9 Å². The minimum absolute atomic E-state index is 0.0480. The van der Waals surface area contributed by atoms with Gasteiger partial charge < -0.3 is 15.2 Å². The summed E-state index contributed by atoms with van der Waals surface area (Å²) in [5, 5.41) is 12.7. The van der Waals surface area contributed by atoms with E-state index < -0.39 is 0 Å². The Bertz CT molecular complexity index is 473. The van der Waals surface area contributed by atoms with Crippen LogP contribution in [0, 0.1) is 23.2 Å². The van der Waals surface area contributed by atoms with Crippen molar-refractivity contribution in [1.29, 1.82) is 0 Å². The molecule has 0 radical (unpaired) electrons. The fourth-order valence-electron chi connectivity index (χ4n) is 5.12. The Kier molecular flexibility index (Phi) is 4.84. The number of ether oxygens (including phenoxy) is 1. The Morgan fingerprint density at radius 3 is 3.00 bits per heavy atom. The average Bonchev–Trinajstić information content (AvgIpc) is 2.81. The molecule has 0 aromatic carbocycles. The maximum atomic E-state index is 12.4. The van der Waals surface area contributed by atoms with E-state index in [2.05, 4.69) is 18.8 Å². The summed E-state index contributed by atoms with van der Waals surface area (Å²) in [4.78, 5) is 12.4. The second kappa shape index (κ2) is 6.56. The molecule has 0 amide bonds. The Morgan fingerprint density at radius 2 is 2.30 bits per heavy atom. The summed E-state index contributed by atoms with van der Waals surface area (Å²) < 4.78 is 5.76. The molecule has 1 aliphatic heterocycles. The predicted molar refractivity (Wildman–Crippen MR) is 89.8 cm³/mol. The predicted octanol–water partition coefficient (Wildman–Crippen LogP) is 2.66. The van der Waals surface area contributed by atoms with Gasteiger partial charge in [0.05, 0.1) is 12.5 Å². The third kappa shape index (κ3) is 3.08. The molecule has 23 heavy (non-hydrogen) atoms. The molecule has 3 aliphatic rings. The summed E-state index contributed by atoms with van der Waals surface area (Å²) in [5.41, 5.74) is 1.64. The van der Waals surface area contributed by atoms with E-state index in [0.717, 1.165) is 25.7 Å². The molecular formula is C19H31NO3. The van der Waals surface area contributed by atoms with Crippen LogP contribution in [0.25, 0.3) is 0 Å². The van der Waals surface area contributed by atoms with Crippen molar-refractivity contribution >= 4 is 5.97 Å². The normalized spacial score (nSPS) is 41.2. The highest BCUT2D eigenvalue weighted by Crippen LogP contribution is 2.56. The van der Waals surface area contributed by atoms with Gasteiger partial charge in [-0.2, -0.15) is 0 Å². The molecule has 130 valence electrons. The lowest BCUT2D eigenvalue weighted by molar-refractivity contribution is -0.146. The smallest absolute Gasteiger partial charge is 0.310 e. The first kappa shape index (κ1) is 17.0. The number of carbonyl (C=O) groups is 1. The number of fused-ring (bicyclic) bond motifs is 2. The summed E-state index contributed by atoms with van der Waals surface area (Å²) in [5.74, 6) is 0.724. The van der Waals surface area contributed by atoms with Crippen LogP contribution < -0.4 is 5.32 Å². The van der Waals surface area contributed by atoms with E-state index in [4.69, 9.17) is 4.74 Å². The van der Waals surface area contributed by atoms with Crippen molar-refractivity contribution in [1.82, 2.24) is 5.32 Å². The minimum atomic E-state index is -0.0696. The van der Waals surface area contributed by atoms with Crippen LogP contribution in [0.1, 0.15) is 52.4 Å². The summed E-state index contributed by atoms with van der Waals surface area (Å²) in [6.07, 6.45) is 6.55. The van der Waals surface area contributed by atoms with E-state index >= 15 is 0 Å². The third-order valence-electron chi connectivity index (χ3n) is 6.66. The molecule has 0 aromatic rings. The molecule has 3 fully saturated rings. The number of hydrogen-bond donors (Lipinski definition) is 2. The number of esters is 1. The Balaban J connectivity index is 1.71. The Hall–Kier alpha value is -0.870. The molecule has 3 rings (SSSR count). The molecule has 2 aliphatic carbocycles. The number of carbonyl (C=O) groups excluding carboxylic acids is 1. The van der Waals surface area contributed by atoms with Crippen LogP contribution in [0.5, 0.6) is 0 Å². The fourth-order valence-corrected chi connectivity index (χ4v) is 5.12. The second-order valence-electron chi connectivity index (χ2n) is 8.10. The number of hydrogen-bond acceptors (Lipinski definition) is 4. The molecule has 4 nitrogen and oxygen atoms in total. The standard InChI is InChI=1S/C19H31NO3/c1-4-13(11-21)20-10-15-14-8-16-12(2)6-5-7-19(16,3)9-17(14)23-18(15)22/h13-17,20-21H,2,4-11H2,1,3H3/t13-,14+,15-,16+,17+,19+/m0/s1. The van der Waals surface area contributed by atoms with Gasteiger partial charge in [0.2, 0.25) is 0 Å². The maximum Gasteiger partial charge on any atom is 0.310 e. The third-order valence-corrected chi connectivity index (χ3v) is 6.66. The molecule has 2 N–H and O–H groups in total. The number of aliphatic hydroxyl groups is 1.